The molecule has 0 bridgehead atoms. The summed E-state index contributed by atoms with van der Waals surface area (Å²) in [6, 6.07) is 6.48. The van der Waals surface area contributed by atoms with Crippen LogP contribution in [0.25, 0.3) is 0 Å². The molecule has 1 N–H and O–H groups in total. The van der Waals surface area contributed by atoms with E-state index in [-0.39, 0.29) is 0 Å². The highest BCUT2D eigenvalue weighted by Gasteiger charge is 2.06. The first kappa shape index (κ1) is 18.5. The van der Waals surface area contributed by atoms with Gasteiger partial charge < -0.3 is 10.1 Å². The largest absolute Gasteiger partial charge is 0.492 e. The van der Waals surface area contributed by atoms with Crippen molar-refractivity contribution in [2.75, 3.05) is 19.7 Å². The Hall–Kier alpha value is -0.540. The van der Waals surface area contributed by atoms with E-state index in [1.54, 1.807) is 0 Å². The summed E-state index contributed by atoms with van der Waals surface area (Å²) >= 11 is 3.61. The predicted molar refractivity (Wildman–Crippen MR) is 95.2 cm³/mol. The zero-order valence-electron chi connectivity index (χ0n) is 13.8. The third kappa shape index (κ3) is 7.87. The molecule has 3 heteroatoms. The highest BCUT2D eigenvalue weighted by atomic mass is 79.9. The van der Waals surface area contributed by atoms with E-state index in [4.69, 9.17) is 4.74 Å². The maximum absolute atomic E-state index is 5.69. The molecule has 0 saturated heterocycles. The summed E-state index contributed by atoms with van der Waals surface area (Å²) in [5.74, 6) is 1.72. The minimum atomic E-state index is 0.768. The van der Waals surface area contributed by atoms with Crippen LogP contribution in [0.5, 0.6) is 5.75 Å². The average Bonchev–Trinajstić information content (AvgIpc) is 2.48. The quantitative estimate of drug-likeness (QED) is 0.551. The molecule has 0 heterocycles. The van der Waals surface area contributed by atoms with Gasteiger partial charge in [0.2, 0.25) is 0 Å². The molecule has 0 aromatic heterocycles. The highest BCUT2D eigenvalue weighted by Crippen LogP contribution is 2.27. The fourth-order valence-corrected chi connectivity index (χ4v) is 2.78. The van der Waals surface area contributed by atoms with Gasteiger partial charge in [-0.1, -0.05) is 26.8 Å². The van der Waals surface area contributed by atoms with Crippen molar-refractivity contribution in [1.82, 2.24) is 5.32 Å². The lowest BCUT2D eigenvalue weighted by Crippen LogP contribution is -2.18. The number of rotatable bonds is 11. The second kappa shape index (κ2) is 11.1. The van der Waals surface area contributed by atoms with Gasteiger partial charge in [0.25, 0.3) is 0 Å². The van der Waals surface area contributed by atoms with Gasteiger partial charge in [0.05, 0.1) is 11.1 Å². The van der Waals surface area contributed by atoms with Crippen molar-refractivity contribution in [3.63, 3.8) is 0 Å². The van der Waals surface area contributed by atoms with Crippen LogP contribution in [-0.4, -0.2) is 19.7 Å². The molecular weight excluding hydrogens is 326 g/mol. The molecule has 1 aromatic rings. The number of hydrogen-bond acceptors (Lipinski definition) is 2. The van der Waals surface area contributed by atoms with E-state index in [0.717, 1.165) is 48.7 Å². The maximum Gasteiger partial charge on any atom is 0.133 e. The molecule has 1 aromatic carbocycles. The molecule has 1 rings (SSSR count). The topological polar surface area (TPSA) is 21.3 Å². The van der Waals surface area contributed by atoms with Crippen LogP contribution in [0.2, 0.25) is 0 Å². The molecule has 1 atom stereocenters. The number of nitrogens with one attached hydrogen (secondary N) is 1. The van der Waals surface area contributed by atoms with E-state index in [9.17, 15) is 0 Å². The molecular formula is C18H30BrNO. The first-order chi connectivity index (χ1) is 10.2. The first-order valence-electron chi connectivity index (χ1n) is 8.29. The van der Waals surface area contributed by atoms with Crippen LogP contribution in [0, 0.1) is 5.92 Å². The molecule has 0 aliphatic carbocycles. The van der Waals surface area contributed by atoms with Gasteiger partial charge in [-0.15, -0.1) is 0 Å². The normalized spacial score (nSPS) is 12.4. The van der Waals surface area contributed by atoms with Crippen molar-refractivity contribution >= 4 is 15.9 Å². The Morgan fingerprint density at radius 3 is 2.62 bits per heavy atom. The second-order valence-corrected chi connectivity index (χ2v) is 6.65. The molecule has 0 spiro atoms. The molecule has 21 heavy (non-hydrogen) atoms. The lowest BCUT2D eigenvalue weighted by molar-refractivity contribution is 0.315. The van der Waals surface area contributed by atoms with Gasteiger partial charge in [0.15, 0.2) is 0 Å². The lowest BCUT2D eigenvalue weighted by atomic mass is 9.98. The zero-order valence-corrected chi connectivity index (χ0v) is 15.3. The first-order valence-corrected chi connectivity index (χ1v) is 9.08. The van der Waals surface area contributed by atoms with E-state index < -0.39 is 0 Å². The highest BCUT2D eigenvalue weighted by molar-refractivity contribution is 9.10. The van der Waals surface area contributed by atoms with Crippen molar-refractivity contribution in [3.05, 3.63) is 28.2 Å². The van der Waals surface area contributed by atoms with E-state index in [2.05, 4.69) is 60.2 Å². The Kier molecular flexibility index (Phi) is 9.77. The van der Waals surface area contributed by atoms with Gasteiger partial charge in [-0.25, -0.2) is 0 Å². The molecule has 120 valence electrons. The van der Waals surface area contributed by atoms with Gasteiger partial charge in [-0.3, -0.25) is 0 Å². The Morgan fingerprint density at radius 2 is 1.95 bits per heavy atom. The van der Waals surface area contributed by atoms with E-state index in [0.29, 0.717) is 0 Å². The lowest BCUT2D eigenvalue weighted by Gasteiger charge is -2.13. The van der Waals surface area contributed by atoms with E-state index in [1.807, 2.05) is 0 Å². The molecule has 0 amide bonds. The fourth-order valence-electron chi connectivity index (χ4n) is 2.24. The SMILES string of the molecule is CCCNCCC(C)CCc1ccc(OCCC)c(Br)c1. The Balaban J connectivity index is 2.32. The summed E-state index contributed by atoms with van der Waals surface area (Å²) in [4.78, 5) is 0. The number of aryl methyl sites for hydroxylation is 1. The van der Waals surface area contributed by atoms with Crippen molar-refractivity contribution in [2.24, 2.45) is 5.92 Å². The average molecular weight is 356 g/mol. The van der Waals surface area contributed by atoms with Gasteiger partial charge in [-0.05, 0) is 84.7 Å². The van der Waals surface area contributed by atoms with Crippen LogP contribution in [0.3, 0.4) is 0 Å². The van der Waals surface area contributed by atoms with Gasteiger partial charge >= 0.3 is 0 Å². The second-order valence-electron chi connectivity index (χ2n) is 5.80. The summed E-state index contributed by atoms with van der Waals surface area (Å²) in [5, 5.41) is 3.48. The summed E-state index contributed by atoms with van der Waals surface area (Å²) in [6.45, 7) is 9.74. The molecule has 2 nitrogen and oxygen atoms in total. The monoisotopic (exact) mass is 355 g/mol. The number of benzene rings is 1. The maximum atomic E-state index is 5.69. The molecule has 0 radical (unpaired) electrons. The number of halogens is 1. The fraction of sp³-hybridized carbons (Fsp3) is 0.667. The Labute approximate surface area is 138 Å². The van der Waals surface area contributed by atoms with Gasteiger partial charge in [0.1, 0.15) is 5.75 Å². The smallest absolute Gasteiger partial charge is 0.133 e. The van der Waals surface area contributed by atoms with E-state index >= 15 is 0 Å². The summed E-state index contributed by atoms with van der Waals surface area (Å²) in [7, 11) is 0. The van der Waals surface area contributed by atoms with E-state index in [1.165, 1.54) is 24.8 Å². The minimum Gasteiger partial charge on any atom is -0.492 e. The summed E-state index contributed by atoms with van der Waals surface area (Å²) in [6.07, 6.45) is 5.91. The number of ether oxygens (including phenoxy) is 1. The van der Waals surface area contributed by atoms with Crippen LogP contribution in [0.1, 0.15) is 52.0 Å². The Bertz CT molecular complexity index is 395. The molecule has 1 unspecified atom stereocenters. The van der Waals surface area contributed by atoms with Crippen LogP contribution < -0.4 is 10.1 Å². The van der Waals surface area contributed by atoms with Gasteiger partial charge in [0, 0.05) is 0 Å². The minimum absolute atomic E-state index is 0.768. The standard InChI is InChI=1S/C18H30BrNO/c1-4-11-20-12-10-15(3)6-7-16-8-9-18(17(19)14-16)21-13-5-2/h8-9,14-15,20H,4-7,10-13H2,1-3H3. The molecule has 0 aliphatic heterocycles. The van der Waals surface area contributed by atoms with Crippen LogP contribution >= 0.6 is 15.9 Å². The zero-order chi connectivity index (χ0) is 15.5. The number of hydrogen-bond donors (Lipinski definition) is 1. The molecule has 0 saturated carbocycles. The van der Waals surface area contributed by atoms with Crippen molar-refractivity contribution in [2.45, 2.75) is 52.9 Å². The third-order valence-corrected chi connectivity index (χ3v) is 4.24. The van der Waals surface area contributed by atoms with Crippen LogP contribution in [-0.2, 0) is 6.42 Å². The van der Waals surface area contributed by atoms with Crippen molar-refractivity contribution in [3.8, 4) is 5.75 Å². The van der Waals surface area contributed by atoms with Crippen molar-refractivity contribution in [1.29, 1.82) is 0 Å². The van der Waals surface area contributed by atoms with Crippen molar-refractivity contribution < 1.29 is 4.74 Å². The predicted octanol–water partition coefficient (Wildman–Crippen LogP) is 5.20. The van der Waals surface area contributed by atoms with Crippen LogP contribution in [0.15, 0.2) is 22.7 Å². The van der Waals surface area contributed by atoms with Crippen LogP contribution in [0.4, 0.5) is 0 Å². The summed E-state index contributed by atoms with van der Waals surface area (Å²) in [5.41, 5.74) is 1.39. The molecule has 0 aliphatic rings. The Morgan fingerprint density at radius 1 is 1.14 bits per heavy atom. The molecule has 0 fully saturated rings. The summed E-state index contributed by atoms with van der Waals surface area (Å²) < 4.78 is 6.76. The van der Waals surface area contributed by atoms with Gasteiger partial charge in [-0.2, -0.15) is 0 Å². The third-order valence-electron chi connectivity index (χ3n) is 3.62.